The van der Waals surface area contributed by atoms with E-state index in [-0.39, 0.29) is 11.5 Å². The zero-order valence-electron chi connectivity index (χ0n) is 29.0. The first kappa shape index (κ1) is 33.7. The predicted molar refractivity (Wildman–Crippen MR) is 201 cm³/mol. The number of aromatic hydroxyl groups is 2. The van der Waals surface area contributed by atoms with Crippen LogP contribution in [0.3, 0.4) is 0 Å². The Bertz CT molecular complexity index is 2200. The summed E-state index contributed by atoms with van der Waals surface area (Å²) in [6.07, 6.45) is 7.30. The smallest absolute Gasteiger partial charge is 0.231 e. The van der Waals surface area contributed by atoms with Crippen molar-refractivity contribution in [3.8, 4) is 68.2 Å². The van der Waals surface area contributed by atoms with Crippen LogP contribution in [0.25, 0.3) is 67.4 Å². The molecule has 0 aliphatic carbocycles. The number of phenolic OH excluding ortho intramolecular Hbond substituents is 2. The van der Waals surface area contributed by atoms with Crippen molar-refractivity contribution in [1.82, 2.24) is 9.97 Å². The minimum atomic E-state index is 0.0653. The average Bonchev–Trinajstić information content (AvgIpc) is 3.79. The van der Waals surface area contributed by atoms with E-state index >= 15 is 0 Å². The molecule has 8 heteroatoms. The summed E-state index contributed by atoms with van der Waals surface area (Å²) in [5, 5.41) is 21.9. The highest BCUT2D eigenvalue weighted by molar-refractivity contribution is 5.86. The highest BCUT2D eigenvalue weighted by Gasteiger charge is 2.21. The summed E-state index contributed by atoms with van der Waals surface area (Å²) >= 11 is 0. The lowest BCUT2D eigenvalue weighted by molar-refractivity contribution is 0.299. The molecule has 0 spiro atoms. The lowest BCUT2D eigenvalue weighted by atomic mass is 9.95. The van der Waals surface area contributed by atoms with Crippen molar-refractivity contribution in [3.63, 3.8) is 0 Å². The molecule has 51 heavy (non-hydrogen) atoms. The van der Waals surface area contributed by atoms with Crippen molar-refractivity contribution in [3.05, 3.63) is 97.1 Å². The van der Waals surface area contributed by atoms with Crippen LogP contribution in [-0.4, -0.2) is 33.4 Å². The van der Waals surface area contributed by atoms with Crippen LogP contribution >= 0.6 is 0 Å². The summed E-state index contributed by atoms with van der Waals surface area (Å²) < 4.78 is 25.2. The molecule has 0 fully saturated rings. The molecule has 2 heterocycles. The van der Waals surface area contributed by atoms with Gasteiger partial charge in [-0.1, -0.05) is 82.3 Å². The summed E-state index contributed by atoms with van der Waals surface area (Å²) in [5.74, 6) is 2.14. The van der Waals surface area contributed by atoms with E-state index in [1.165, 1.54) is 0 Å². The number of para-hydroxylation sites is 4. The van der Waals surface area contributed by atoms with Crippen molar-refractivity contribution in [1.29, 1.82) is 0 Å². The van der Waals surface area contributed by atoms with E-state index in [4.69, 9.17) is 18.3 Å². The van der Waals surface area contributed by atoms with Crippen molar-refractivity contribution >= 4 is 22.2 Å². The second-order valence-electron chi connectivity index (χ2n) is 12.7. The van der Waals surface area contributed by atoms with Gasteiger partial charge in [0.25, 0.3) is 0 Å². The number of ether oxygens (including phenoxy) is 2. The largest absolute Gasteiger partial charge is 0.507 e. The number of unbranched alkanes of at least 4 members (excludes halogenated alkanes) is 5. The first-order valence-corrected chi connectivity index (χ1v) is 17.8. The van der Waals surface area contributed by atoms with Crippen LogP contribution in [0.4, 0.5) is 0 Å². The quantitative estimate of drug-likeness (QED) is 0.103. The van der Waals surface area contributed by atoms with Crippen LogP contribution in [0, 0.1) is 0 Å². The third kappa shape index (κ3) is 7.41. The maximum absolute atomic E-state index is 11.0. The van der Waals surface area contributed by atoms with Gasteiger partial charge in [0.2, 0.25) is 11.8 Å². The molecule has 0 aliphatic heterocycles. The molecule has 0 aliphatic rings. The first-order valence-electron chi connectivity index (χ1n) is 17.8. The maximum Gasteiger partial charge on any atom is 0.231 e. The Hall–Kier alpha value is -5.76. The molecule has 2 aromatic heterocycles. The predicted octanol–water partition coefficient (Wildman–Crippen LogP) is 11.6. The molecule has 0 atom stereocenters. The second kappa shape index (κ2) is 15.4. The van der Waals surface area contributed by atoms with E-state index < -0.39 is 0 Å². The zero-order chi connectivity index (χ0) is 35.2. The van der Waals surface area contributed by atoms with Crippen molar-refractivity contribution in [2.45, 2.75) is 58.8 Å². The fraction of sp³-hybridized carbons (Fsp3) is 0.256. The standard InChI is InChI=1S/C43H42N2O6/c1-3-5-7-13-23-49-41-27-30(28-18-20-36(46)32(24-28)42-44-34-14-8-10-16-38(34)50-42)40(48-22-12-6-4-2)26-31(41)29-19-21-37(47)33(25-29)43-45-35-15-9-11-17-39(35)51-43/h8-11,14-21,24-27,46-47H,3-7,12-13,22-23H2,1-2H3. The molecule has 0 radical (unpaired) electrons. The van der Waals surface area contributed by atoms with Crippen LogP contribution in [0.2, 0.25) is 0 Å². The Morgan fingerprint density at radius 2 is 0.961 bits per heavy atom. The van der Waals surface area contributed by atoms with Crippen molar-refractivity contribution < 1.29 is 28.5 Å². The fourth-order valence-corrected chi connectivity index (χ4v) is 6.22. The molecule has 0 unspecified atom stereocenters. The Balaban J connectivity index is 1.34. The molecule has 0 saturated heterocycles. The van der Waals surface area contributed by atoms with E-state index in [0.717, 1.165) is 67.2 Å². The molecule has 0 amide bonds. The molecular weight excluding hydrogens is 640 g/mol. The number of aromatic nitrogens is 2. The average molecular weight is 683 g/mol. The van der Waals surface area contributed by atoms with Gasteiger partial charge in [-0.15, -0.1) is 0 Å². The number of hydrogen-bond donors (Lipinski definition) is 2. The second-order valence-corrected chi connectivity index (χ2v) is 12.7. The minimum Gasteiger partial charge on any atom is -0.507 e. The number of rotatable bonds is 15. The highest BCUT2D eigenvalue weighted by atomic mass is 16.5. The lowest BCUT2D eigenvalue weighted by Crippen LogP contribution is -2.03. The van der Waals surface area contributed by atoms with E-state index in [1.54, 1.807) is 12.1 Å². The van der Waals surface area contributed by atoms with Gasteiger partial charge in [-0.2, -0.15) is 0 Å². The molecule has 2 N–H and O–H groups in total. The molecule has 5 aromatic carbocycles. The topological polar surface area (TPSA) is 111 Å². The Morgan fingerprint density at radius 1 is 0.510 bits per heavy atom. The van der Waals surface area contributed by atoms with Crippen molar-refractivity contribution in [2.75, 3.05) is 13.2 Å². The number of fused-ring (bicyclic) bond motifs is 2. The van der Waals surface area contributed by atoms with Gasteiger partial charge in [0.1, 0.15) is 34.0 Å². The van der Waals surface area contributed by atoms with Gasteiger partial charge in [0, 0.05) is 11.1 Å². The molecule has 0 bridgehead atoms. The van der Waals surface area contributed by atoms with Crippen LogP contribution < -0.4 is 9.47 Å². The number of benzene rings is 5. The minimum absolute atomic E-state index is 0.0653. The molecule has 0 saturated carbocycles. The van der Waals surface area contributed by atoms with Gasteiger partial charge in [0.05, 0.1) is 24.3 Å². The molecule has 260 valence electrons. The molecule has 8 nitrogen and oxygen atoms in total. The number of phenols is 2. The maximum atomic E-state index is 11.0. The Labute approximate surface area is 297 Å². The number of hydrogen-bond acceptors (Lipinski definition) is 8. The van der Waals surface area contributed by atoms with Gasteiger partial charge in [-0.05, 0) is 84.6 Å². The van der Waals surface area contributed by atoms with Gasteiger partial charge in [-0.25, -0.2) is 9.97 Å². The number of nitrogens with zero attached hydrogens (tertiary/aromatic N) is 2. The molecule has 7 rings (SSSR count). The van der Waals surface area contributed by atoms with Gasteiger partial charge < -0.3 is 28.5 Å². The van der Waals surface area contributed by atoms with Crippen LogP contribution in [-0.2, 0) is 0 Å². The van der Waals surface area contributed by atoms with Crippen LogP contribution in [0.1, 0.15) is 58.8 Å². The van der Waals surface area contributed by atoms with E-state index in [0.29, 0.717) is 69.8 Å². The summed E-state index contributed by atoms with van der Waals surface area (Å²) in [6.45, 7) is 5.44. The first-order chi connectivity index (χ1) is 25.0. The summed E-state index contributed by atoms with van der Waals surface area (Å²) in [6, 6.07) is 29.9. The van der Waals surface area contributed by atoms with Gasteiger partial charge in [0.15, 0.2) is 11.2 Å². The van der Waals surface area contributed by atoms with Gasteiger partial charge in [-0.3, -0.25) is 0 Å². The third-order valence-electron chi connectivity index (χ3n) is 9.01. The van der Waals surface area contributed by atoms with E-state index in [2.05, 4.69) is 23.8 Å². The summed E-state index contributed by atoms with van der Waals surface area (Å²) in [4.78, 5) is 9.29. The Kier molecular flexibility index (Phi) is 10.2. The Morgan fingerprint density at radius 3 is 1.43 bits per heavy atom. The van der Waals surface area contributed by atoms with Gasteiger partial charge >= 0.3 is 0 Å². The fourth-order valence-electron chi connectivity index (χ4n) is 6.22. The summed E-state index contributed by atoms with van der Waals surface area (Å²) in [7, 11) is 0. The van der Waals surface area contributed by atoms with E-state index in [1.807, 2.05) is 84.9 Å². The normalized spacial score (nSPS) is 11.4. The highest BCUT2D eigenvalue weighted by Crippen LogP contribution is 2.45. The molecular formula is C43H42N2O6. The monoisotopic (exact) mass is 682 g/mol. The molecule has 7 aromatic rings. The SMILES string of the molecule is CCCCCCOc1cc(-c2ccc(O)c(-c3nc4ccccc4o3)c2)c(OCCCCC)cc1-c1ccc(O)c(-c2nc3ccccc3o2)c1. The number of oxazole rings is 2. The summed E-state index contributed by atoms with van der Waals surface area (Å²) in [5.41, 5.74) is 6.94. The lowest BCUT2D eigenvalue weighted by Gasteiger charge is -2.19. The zero-order valence-corrected chi connectivity index (χ0v) is 29.0. The van der Waals surface area contributed by atoms with Crippen LogP contribution in [0.5, 0.6) is 23.0 Å². The van der Waals surface area contributed by atoms with Crippen molar-refractivity contribution in [2.24, 2.45) is 0 Å². The third-order valence-corrected chi connectivity index (χ3v) is 9.01. The van der Waals surface area contributed by atoms with E-state index in [9.17, 15) is 10.2 Å². The van der Waals surface area contributed by atoms with Crippen LogP contribution in [0.15, 0.2) is 106 Å².